The Morgan fingerprint density at radius 1 is 1.21 bits per heavy atom. The minimum absolute atomic E-state index is 0.113. The number of fused-ring (bicyclic) bond motifs is 1. The van der Waals surface area contributed by atoms with Crippen LogP contribution in [0.15, 0.2) is 34.7 Å². The first-order valence-electron chi connectivity index (χ1n) is 6.36. The molecule has 2 heterocycles. The van der Waals surface area contributed by atoms with Gasteiger partial charge in [0.2, 0.25) is 0 Å². The predicted octanol–water partition coefficient (Wildman–Crippen LogP) is 3.44. The van der Waals surface area contributed by atoms with Crippen molar-refractivity contribution in [2.45, 2.75) is 26.8 Å². The van der Waals surface area contributed by atoms with Crippen molar-refractivity contribution in [3.63, 3.8) is 0 Å². The van der Waals surface area contributed by atoms with Crippen molar-refractivity contribution in [3.8, 4) is 0 Å². The van der Waals surface area contributed by atoms with Crippen molar-refractivity contribution in [1.82, 2.24) is 9.55 Å². The molecule has 1 aromatic carbocycles. The monoisotopic (exact) mass is 255 g/mol. The number of furan rings is 1. The van der Waals surface area contributed by atoms with Crippen molar-refractivity contribution in [3.05, 3.63) is 47.7 Å². The zero-order valence-electron chi connectivity index (χ0n) is 11.3. The summed E-state index contributed by atoms with van der Waals surface area (Å²) in [4.78, 5) is 4.57. The van der Waals surface area contributed by atoms with Gasteiger partial charge in [0.1, 0.15) is 17.3 Å². The van der Waals surface area contributed by atoms with E-state index >= 15 is 0 Å². The third kappa shape index (κ3) is 1.89. The van der Waals surface area contributed by atoms with E-state index in [2.05, 4.69) is 16.5 Å². The Balaban J connectivity index is 2.16. The summed E-state index contributed by atoms with van der Waals surface area (Å²) in [6.07, 6.45) is 0. The van der Waals surface area contributed by atoms with Crippen LogP contribution in [-0.4, -0.2) is 9.55 Å². The molecule has 0 saturated heterocycles. The SMILES string of the molecule is Cc1ccc(C(C)n2c(C)nc3cc(N)ccc32)o1. The summed E-state index contributed by atoms with van der Waals surface area (Å²) < 4.78 is 7.90. The number of hydrogen-bond acceptors (Lipinski definition) is 3. The van der Waals surface area contributed by atoms with Crippen LogP contribution >= 0.6 is 0 Å². The van der Waals surface area contributed by atoms with Gasteiger partial charge in [-0.3, -0.25) is 0 Å². The molecule has 19 heavy (non-hydrogen) atoms. The number of nitrogen functional groups attached to an aromatic ring is 1. The fraction of sp³-hybridized carbons (Fsp3) is 0.267. The average Bonchev–Trinajstić information content (AvgIpc) is 2.91. The molecular weight excluding hydrogens is 238 g/mol. The van der Waals surface area contributed by atoms with Crippen LogP contribution in [0, 0.1) is 13.8 Å². The average molecular weight is 255 g/mol. The maximum atomic E-state index is 5.81. The molecule has 1 atom stereocenters. The van der Waals surface area contributed by atoms with Crippen molar-refractivity contribution in [2.75, 3.05) is 5.73 Å². The van der Waals surface area contributed by atoms with E-state index in [0.29, 0.717) is 0 Å². The fourth-order valence-corrected chi connectivity index (χ4v) is 2.53. The summed E-state index contributed by atoms with van der Waals surface area (Å²) in [6.45, 7) is 6.07. The Labute approximate surface area is 111 Å². The van der Waals surface area contributed by atoms with Crippen LogP contribution in [0.1, 0.15) is 30.3 Å². The van der Waals surface area contributed by atoms with Gasteiger partial charge in [-0.1, -0.05) is 0 Å². The second-order valence-corrected chi connectivity index (χ2v) is 4.90. The molecule has 4 heteroatoms. The maximum absolute atomic E-state index is 5.81. The summed E-state index contributed by atoms with van der Waals surface area (Å²) in [6, 6.07) is 9.93. The third-order valence-electron chi connectivity index (χ3n) is 3.45. The first-order valence-corrected chi connectivity index (χ1v) is 6.36. The number of benzene rings is 1. The fourth-order valence-electron chi connectivity index (χ4n) is 2.53. The molecule has 0 aliphatic heterocycles. The Morgan fingerprint density at radius 2 is 2.00 bits per heavy atom. The van der Waals surface area contributed by atoms with Gasteiger partial charge in [-0.05, 0) is 51.1 Å². The number of imidazole rings is 1. The van der Waals surface area contributed by atoms with E-state index in [-0.39, 0.29) is 6.04 Å². The third-order valence-corrected chi connectivity index (χ3v) is 3.45. The van der Waals surface area contributed by atoms with Crippen LogP contribution in [0.25, 0.3) is 11.0 Å². The molecule has 4 nitrogen and oxygen atoms in total. The summed E-state index contributed by atoms with van der Waals surface area (Å²) in [5, 5.41) is 0. The highest BCUT2D eigenvalue weighted by atomic mass is 16.3. The van der Waals surface area contributed by atoms with E-state index in [4.69, 9.17) is 10.2 Å². The number of hydrogen-bond donors (Lipinski definition) is 1. The van der Waals surface area contributed by atoms with E-state index < -0.39 is 0 Å². The second-order valence-electron chi connectivity index (χ2n) is 4.90. The highest BCUT2D eigenvalue weighted by Crippen LogP contribution is 2.27. The quantitative estimate of drug-likeness (QED) is 0.714. The van der Waals surface area contributed by atoms with Crippen molar-refractivity contribution < 1.29 is 4.42 Å². The molecule has 2 aromatic heterocycles. The Hall–Kier alpha value is -2.23. The van der Waals surface area contributed by atoms with Crippen LogP contribution in [0.4, 0.5) is 5.69 Å². The molecule has 2 N–H and O–H groups in total. The van der Waals surface area contributed by atoms with Gasteiger partial charge < -0.3 is 14.7 Å². The number of nitrogens with two attached hydrogens (primary N) is 1. The van der Waals surface area contributed by atoms with Crippen molar-refractivity contribution in [1.29, 1.82) is 0 Å². The zero-order valence-corrected chi connectivity index (χ0v) is 11.3. The van der Waals surface area contributed by atoms with Gasteiger partial charge in [-0.25, -0.2) is 4.98 Å². The van der Waals surface area contributed by atoms with Crippen LogP contribution in [0.3, 0.4) is 0 Å². The first kappa shape index (κ1) is 11.8. The van der Waals surface area contributed by atoms with Gasteiger partial charge in [0, 0.05) is 5.69 Å². The lowest BCUT2D eigenvalue weighted by molar-refractivity contribution is 0.430. The predicted molar refractivity (Wildman–Crippen MR) is 76.1 cm³/mol. The van der Waals surface area contributed by atoms with E-state index in [9.17, 15) is 0 Å². The van der Waals surface area contributed by atoms with Gasteiger partial charge in [-0.2, -0.15) is 0 Å². The Bertz CT molecular complexity index is 739. The molecule has 0 radical (unpaired) electrons. The minimum atomic E-state index is 0.113. The summed E-state index contributed by atoms with van der Waals surface area (Å²) >= 11 is 0. The summed E-state index contributed by atoms with van der Waals surface area (Å²) in [5.41, 5.74) is 8.54. The van der Waals surface area contributed by atoms with Gasteiger partial charge >= 0.3 is 0 Å². The van der Waals surface area contributed by atoms with Crippen molar-refractivity contribution >= 4 is 16.7 Å². The highest BCUT2D eigenvalue weighted by molar-refractivity contribution is 5.79. The van der Waals surface area contributed by atoms with E-state index in [0.717, 1.165) is 34.1 Å². The number of aromatic nitrogens is 2. The van der Waals surface area contributed by atoms with Gasteiger partial charge in [-0.15, -0.1) is 0 Å². The van der Waals surface area contributed by atoms with E-state index in [1.54, 1.807) is 0 Å². The lowest BCUT2D eigenvalue weighted by atomic mass is 10.2. The Kier molecular flexibility index (Phi) is 2.59. The molecule has 0 saturated carbocycles. The second kappa shape index (κ2) is 4.16. The van der Waals surface area contributed by atoms with E-state index in [1.165, 1.54) is 0 Å². The van der Waals surface area contributed by atoms with E-state index in [1.807, 2.05) is 44.2 Å². The molecule has 0 bridgehead atoms. The molecule has 3 rings (SSSR count). The number of nitrogens with zero attached hydrogens (tertiary/aromatic N) is 2. The molecule has 0 aliphatic carbocycles. The first-order chi connectivity index (χ1) is 9.06. The van der Waals surface area contributed by atoms with Crippen LogP contribution in [-0.2, 0) is 0 Å². The molecule has 0 amide bonds. The Morgan fingerprint density at radius 3 is 2.68 bits per heavy atom. The van der Waals surface area contributed by atoms with Gasteiger partial charge in [0.25, 0.3) is 0 Å². The molecule has 98 valence electrons. The smallest absolute Gasteiger partial charge is 0.126 e. The molecule has 0 fully saturated rings. The van der Waals surface area contributed by atoms with Crippen LogP contribution in [0.5, 0.6) is 0 Å². The van der Waals surface area contributed by atoms with Crippen LogP contribution < -0.4 is 5.73 Å². The summed E-state index contributed by atoms with van der Waals surface area (Å²) in [7, 11) is 0. The molecule has 1 unspecified atom stereocenters. The maximum Gasteiger partial charge on any atom is 0.126 e. The zero-order chi connectivity index (χ0) is 13.6. The van der Waals surface area contributed by atoms with Crippen LogP contribution in [0.2, 0.25) is 0 Å². The number of anilines is 1. The molecule has 0 spiro atoms. The van der Waals surface area contributed by atoms with Gasteiger partial charge in [0.15, 0.2) is 0 Å². The normalized spacial score (nSPS) is 13.0. The topological polar surface area (TPSA) is 57.0 Å². The molecule has 0 aliphatic rings. The lowest BCUT2D eigenvalue weighted by Gasteiger charge is -2.14. The van der Waals surface area contributed by atoms with Gasteiger partial charge in [0.05, 0.1) is 17.1 Å². The highest BCUT2D eigenvalue weighted by Gasteiger charge is 2.17. The van der Waals surface area contributed by atoms with Crippen molar-refractivity contribution in [2.24, 2.45) is 0 Å². The summed E-state index contributed by atoms with van der Waals surface area (Å²) in [5.74, 6) is 2.83. The number of aryl methyl sites for hydroxylation is 2. The lowest BCUT2D eigenvalue weighted by Crippen LogP contribution is -2.07. The number of rotatable bonds is 2. The largest absolute Gasteiger partial charge is 0.464 e. The molecular formula is C15H17N3O. The minimum Gasteiger partial charge on any atom is -0.464 e. The molecule has 3 aromatic rings. The standard InChI is InChI=1S/C15H17N3O/c1-9-4-7-15(19-9)10(2)18-11(3)17-13-8-12(16)5-6-14(13)18/h4-8,10H,16H2,1-3H3.